The summed E-state index contributed by atoms with van der Waals surface area (Å²) < 4.78 is 5.72. The molecule has 6 nitrogen and oxygen atoms in total. The van der Waals surface area contributed by atoms with Gasteiger partial charge in [-0.1, -0.05) is 11.6 Å². The number of ketones is 1. The van der Waals surface area contributed by atoms with E-state index < -0.39 is 23.5 Å². The van der Waals surface area contributed by atoms with Crippen LogP contribution in [-0.2, 0) is 4.79 Å². The van der Waals surface area contributed by atoms with Gasteiger partial charge in [-0.2, -0.15) is 0 Å². The molecule has 8 heteroatoms. The lowest BCUT2D eigenvalue weighted by atomic mass is 9.98. The summed E-state index contributed by atoms with van der Waals surface area (Å²) in [7, 11) is 3.82. The smallest absolute Gasteiger partial charge is 0.290 e. The molecule has 0 spiro atoms. The van der Waals surface area contributed by atoms with Crippen molar-refractivity contribution in [2.75, 3.05) is 27.2 Å². The van der Waals surface area contributed by atoms with E-state index in [1.54, 1.807) is 29.2 Å². The Labute approximate surface area is 182 Å². The molecule has 156 valence electrons. The maximum absolute atomic E-state index is 13.4. The fourth-order valence-electron chi connectivity index (χ4n) is 3.62. The Bertz CT molecular complexity index is 1180. The van der Waals surface area contributed by atoms with Crippen LogP contribution in [0.3, 0.4) is 0 Å². The van der Waals surface area contributed by atoms with Crippen molar-refractivity contribution in [3.63, 3.8) is 0 Å². The molecule has 30 heavy (non-hydrogen) atoms. The SMILES string of the molecule is Cc1ccsc1C1C(C(=O)c2cc3cc(Cl)ccc3o2)=C(O)C(=O)N1CCN(C)C. The summed E-state index contributed by atoms with van der Waals surface area (Å²) in [5.74, 6) is -1.50. The third-order valence-electron chi connectivity index (χ3n) is 5.19. The highest BCUT2D eigenvalue weighted by Crippen LogP contribution is 2.42. The molecule has 1 atom stereocenters. The first-order valence-electron chi connectivity index (χ1n) is 9.44. The quantitative estimate of drug-likeness (QED) is 0.562. The molecular weight excluding hydrogens is 424 g/mol. The summed E-state index contributed by atoms with van der Waals surface area (Å²) in [6, 6.07) is 7.95. The van der Waals surface area contributed by atoms with Crippen LogP contribution in [0.4, 0.5) is 0 Å². The summed E-state index contributed by atoms with van der Waals surface area (Å²) in [6.07, 6.45) is 0. The van der Waals surface area contributed by atoms with Crippen molar-refractivity contribution in [1.82, 2.24) is 9.80 Å². The van der Waals surface area contributed by atoms with Gasteiger partial charge >= 0.3 is 0 Å². The minimum absolute atomic E-state index is 0.0504. The number of aliphatic hydroxyl groups is 1. The molecule has 1 aliphatic heterocycles. The number of rotatable bonds is 6. The second kappa shape index (κ2) is 7.91. The van der Waals surface area contributed by atoms with E-state index in [-0.39, 0.29) is 11.3 Å². The van der Waals surface area contributed by atoms with Crippen molar-refractivity contribution >= 4 is 45.6 Å². The predicted octanol–water partition coefficient (Wildman–Crippen LogP) is 4.60. The number of nitrogens with zero attached hydrogens (tertiary/aromatic N) is 2. The zero-order valence-corrected chi connectivity index (χ0v) is 18.4. The highest BCUT2D eigenvalue weighted by atomic mass is 35.5. The minimum atomic E-state index is -0.651. The average molecular weight is 445 g/mol. The van der Waals surface area contributed by atoms with Crippen LogP contribution >= 0.6 is 22.9 Å². The molecule has 2 aromatic heterocycles. The lowest BCUT2D eigenvalue weighted by Crippen LogP contribution is -2.36. The molecule has 1 amide bonds. The number of amides is 1. The number of benzene rings is 1. The number of Topliss-reactive ketones (excluding diaryl/α,β-unsaturated/α-hetero) is 1. The van der Waals surface area contributed by atoms with Gasteiger partial charge in [-0.05, 0) is 62.3 Å². The molecule has 1 aromatic carbocycles. The third-order valence-corrected chi connectivity index (χ3v) is 6.50. The number of carbonyl (C=O) groups is 2. The maximum atomic E-state index is 13.4. The average Bonchev–Trinajstić information content (AvgIpc) is 3.36. The van der Waals surface area contributed by atoms with E-state index >= 15 is 0 Å². The molecule has 0 aliphatic carbocycles. The van der Waals surface area contributed by atoms with E-state index in [4.69, 9.17) is 16.0 Å². The van der Waals surface area contributed by atoms with Gasteiger partial charge in [0.15, 0.2) is 11.5 Å². The van der Waals surface area contributed by atoms with Crippen molar-refractivity contribution in [2.24, 2.45) is 0 Å². The molecule has 0 fully saturated rings. The topological polar surface area (TPSA) is 74.0 Å². The van der Waals surface area contributed by atoms with E-state index in [1.165, 1.54) is 11.3 Å². The van der Waals surface area contributed by atoms with E-state index in [0.717, 1.165) is 10.4 Å². The van der Waals surface area contributed by atoms with Gasteiger partial charge in [-0.3, -0.25) is 9.59 Å². The number of hydrogen-bond donors (Lipinski definition) is 1. The monoisotopic (exact) mass is 444 g/mol. The summed E-state index contributed by atoms with van der Waals surface area (Å²) in [4.78, 5) is 30.7. The van der Waals surface area contributed by atoms with Crippen LogP contribution in [0.2, 0.25) is 5.02 Å². The number of hydrogen-bond acceptors (Lipinski definition) is 6. The number of halogens is 1. The van der Waals surface area contributed by atoms with Crippen molar-refractivity contribution in [3.8, 4) is 0 Å². The summed E-state index contributed by atoms with van der Waals surface area (Å²) >= 11 is 7.49. The number of carbonyl (C=O) groups excluding carboxylic acids is 2. The standard InChI is InChI=1S/C22H21ClN2O4S/c1-12-6-9-30-21(12)18-17(20(27)22(28)25(18)8-7-24(2)3)19(26)16-11-13-10-14(23)4-5-15(13)29-16/h4-6,9-11,18,27H,7-8H2,1-3H3. The minimum Gasteiger partial charge on any atom is -0.503 e. The molecule has 0 radical (unpaired) electrons. The molecule has 1 aliphatic rings. The van der Waals surface area contributed by atoms with Crippen LogP contribution in [0.15, 0.2) is 51.5 Å². The van der Waals surface area contributed by atoms with Crippen LogP contribution in [0.25, 0.3) is 11.0 Å². The maximum Gasteiger partial charge on any atom is 0.290 e. The van der Waals surface area contributed by atoms with E-state index in [9.17, 15) is 14.7 Å². The summed E-state index contributed by atoms with van der Waals surface area (Å²) in [6.45, 7) is 2.91. The number of furan rings is 1. The fourth-order valence-corrected chi connectivity index (χ4v) is 4.85. The Morgan fingerprint density at radius 2 is 2.07 bits per heavy atom. The van der Waals surface area contributed by atoms with Gasteiger partial charge in [0.25, 0.3) is 5.91 Å². The zero-order chi connectivity index (χ0) is 21.6. The molecule has 0 saturated carbocycles. The number of likely N-dealkylation sites (N-methyl/N-ethyl adjacent to an activating group) is 1. The molecule has 0 saturated heterocycles. The van der Waals surface area contributed by atoms with Crippen LogP contribution in [0, 0.1) is 6.92 Å². The molecule has 3 aromatic rings. The normalized spacial score (nSPS) is 17.0. The zero-order valence-electron chi connectivity index (χ0n) is 16.8. The number of aliphatic hydroxyl groups excluding tert-OH is 1. The van der Waals surface area contributed by atoms with Crippen LogP contribution in [0.5, 0.6) is 0 Å². The number of thiophene rings is 1. The molecule has 0 bridgehead atoms. The first-order valence-corrected chi connectivity index (χ1v) is 10.7. The molecular formula is C22H21ClN2O4S. The van der Waals surface area contributed by atoms with Crippen LogP contribution in [-0.4, -0.2) is 53.8 Å². The van der Waals surface area contributed by atoms with Crippen LogP contribution < -0.4 is 0 Å². The molecule has 4 rings (SSSR count). The van der Waals surface area contributed by atoms with E-state index in [2.05, 4.69) is 0 Å². The van der Waals surface area contributed by atoms with Gasteiger partial charge in [0.1, 0.15) is 11.6 Å². The molecule has 1 unspecified atom stereocenters. The van der Waals surface area contributed by atoms with Gasteiger partial charge in [0, 0.05) is 28.4 Å². The van der Waals surface area contributed by atoms with Crippen molar-refractivity contribution in [3.05, 3.63) is 68.3 Å². The third kappa shape index (κ3) is 3.53. The Kier molecular flexibility index (Phi) is 5.44. The Morgan fingerprint density at radius 3 is 2.73 bits per heavy atom. The van der Waals surface area contributed by atoms with E-state index in [1.807, 2.05) is 37.4 Å². The van der Waals surface area contributed by atoms with Gasteiger partial charge in [-0.15, -0.1) is 11.3 Å². The summed E-state index contributed by atoms with van der Waals surface area (Å²) in [5.41, 5.74) is 1.53. The fraction of sp³-hybridized carbons (Fsp3) is 0.273. The summed E-state index contributed by atoms with van der Waals surface area (Å²) in [5, 5.41) is 13.8. The lowest BCUT2D eigenvalue weighted by Gasteiger charge is -2.27. The highest BCUT2D eigenvalue weighted by molar-refractivity contribution is 7.10. The Morgan fingerprint density at radius 1 is 1.30 bits per heavy atom. The first kappa shape index (κ1) is 20.7. The number of fused-ring (bicyclic) bond motifs is 1. The van der Waals surface area contributed by atoms with Crippen molar-refractivity contribution < 1.29 is 19.1 Å². The van der Waals surface area contributed by atoms with Gasteiger partial charge < -0.3 is 19.3 Å². The Hall–Kier alpha value is -2.61. The number of aryl methyl sites for hydroxylation is 1. The predicted molar refractivity (Wildman–Crippen MR) is 117 cm³/mol. The van der Waals surface area contributed by atoms with Gasteiger partial charge in [-0.25, -0.2) is 0 Å². The highest BCUT2D eigenvalue weighted by Gasteiger charge is 2.45. The van der Waals surface area contributed by atoms with Gasteiger partial charge in [0.05, 0.1) is 5.57 Å². The van der Waals surface area contributed by atoms with E-state index in [0.29, 0.717) is 29.1 Å². The van der Waals surface area contributed by atoms with Crippen molar-refractivity contribution in [1.29, 1.82) is 0 Å². The largest absolute Gasteiger partial charge is 0.503 e. The molecule has 3 heterocycles. The van der Waals surface area contributed by atoms with Crippen molar-refractivity contribution in [2.45, 2.75) is 13.0 Å². The molecule has 1 N–H and O–H groups in total. The van der Waals surface area contributed by atoms with Crippen LogP contribution in [0.1, 0.15) is 27.0 Å². The second-order valence-corrected chi connectivity index (χ2v) is 8.94. The van der Waals surface area contributed by atoms with Gasteiger partial charge in [0.2, 0.25) is 5.78 Å². The first-order chi connectivity index (χ1) is 14.3. The Balaban J connectivity index is 1.79. The second-order valence-electron chi connectivity index (χ2n) is 7.56. The lowest BCUT2D eigenvalue weighted by molar-refractivity contribution is -0.129.